The highest BCUT2D eigenvalue weighted by molar-refractivity contribution is 7.99. The topological polar surface area (TPSA) is 64.3 Å². The fourth-order valence-electron chi connectivity index (χ4n) is 2.87. The maximum absolute atomic E-state index is 11.8. The third-order valence-electron chi connectivity index (χ3n) is 4.23. The van der Waals surface area contributed by atoms with Crippen molar-refractivity contribution in [2.45, 2.75) is 50.0 Å². The van der Waals surface area contributed by atoms with Gasteiger partial charge >= 0.3 is 5.97 Å². The number of nitrogen functional groups attached to an aromatic ring is 1. The van der Waals surface area contributed by atoms with E-state index < -0.39 is 0 Å². The lowest BCUT2D eigenvalue weighted by atomic mass is 9.84. The summed E-state index contributed by atoms with van der Waals surface area (Å²) in [6.07, 6.45) is 8.22. The van der Waals surface area contributed by atoms with E-state index in [0.29, 0.717) is 16.6 Å². The highest BCUT2D eigenvalue weighted by Crippen LogP contribution is 2.43. The molecule has 1 aromatic rings. The van der Waals surface area contributed by atoms with Crippen molar-refractivity contribution in [3.8, 4) is 0 Å². The predicted molar refractivity (Wildman–Crippen MR) is 91.5 cm³/mol. The molecular formula is C15H24N2O2S2. The molecule has 0 radical (unpaired) electrons. The highest BCUT2D eigenvalue weighted by Gasteiger charge is 2.25. The quantitative estimate of drug-likeness (QED) is 0.626. The molecule has 1 heterocycles. The average Bonchev–Trinajstić information content (AvgIpc) is 2.83. The molecule has 0 bridgehead atoms. The molecule has 3 N–H and O–H groups in total. The number of rotatable bonds is 5. The van der Waals surface area contributed by atoms with E-state index in [1.165, 1.54) is 50.6 Å². The summed E-state index contributed by atoms with van der Waals surface area (Å²) in [4.78, 5) is 13.2. The molecule has 1 fully saturated rings. The summed E-state index contributed by atoms with van der Waals surface area (Å²) in [6, 6.07) is 0.488. The Hall–Kier alpha value is -0.880. The number of nitrogens with one attached hydrogen (secondary N) is 1. The molecule has 0 saturated heterocycles. The van der Waals surface area contributed by atoms with Crippen LogP contribution in [0.15, 0.2) is 4.90 Å². The second-order valence-corrected chi connectivity index (χ2v) is 7.31. The van der Waals surface area contributed by atoms with E-state index >= 15 is 0 Å². The zero-order chi connectivity index (χ0) is 15.4. The first kappa shape index (κ1) is 16.5. The van der Waals surface area contributed by atoms with Crippen LogP contribution >= 0.6 is 23.1 Å². The molecule has 0 atom stereocenters. The molecule has 6 heteroatoms. The first-order valence-electron chi connectivity index (χ1n) is 7.41. The maximum atomic E-state index is 11.8. The van der Waals surface area contributed by atoms with E-state index in [1.54, 1.807) is 11.8 Å². The number of hydrogen-bond donors (Lipinski definition) is 2. The largest absolute Gasteiger partial charge is 0.465 e. The van der Waals surface area contributed by atoms with Gasteiger partial charge in [-0.3, -0.25) is 0 Å². The van der Waals surface area contributed by atoms with Crippen LogP contribution in [-0.2, 0) is 4.74 Å². The predicted octanol–water partition coefficient (Wildman–Crippen LogP) is 4.22. The smallest absolute Gasteiger partial charge is 0.350 e. The van der Waals surface area contributed by atoms with E-state index in [4.69, 9.17) is 10.5 Å². The van der Waals surface area contributed by atoms with E-state index in [0.717, 1.165) is 15.8 Å². The summed E-state index contributed by atoms with van der Waals surface area (Å²) >= 11 is 2.99. The van der Waals surface area contributed by atoms with E-state index in [9.17, 15) is 4.79 Å². The summed E-state index contributed by atoms with van der Waals surface area (Å²) < 4.78 is 4.80. The monoisotopic (exact) mass is 328 g/mol. The van der Waals surface area contributed by atoms with Gasteiger partial charge in [-0.25, -0.2) is 4.79 Å². The molecule has 1 aromatic heterocycles. The number of esters is 1. The molecule has 2 rings (SSSR count). The standard InChI is InChI=1S/C15H24N2O2S2/c1-4-9-5-7-10(8-6-9)17-14-12(20-3)11(16)13(21-14)15(18)19-2/h9-10,17H,4-8,16H2,1-3H3. The van der Waals surface area contributed by atoms with Crippen LogP contribution in [0.5, 0.6) is 0 Å². The lowest BCUT2D eigenvalue weighted by Crippen LogP contribution is -2.25. The number of anilines is 2. The SMILES string of the molecule is CCC1CCC(Nc2sc(C(=O)OC)c(N)c2SC)CC1. The third kappa shape index (κ3) is 3.66. The van der Waals surface area contributed by atoms with Gasteiger partial charge in [-0.1, -0.05) is 13.3 Å². The van der Waals surface area contributed by atoms with Crippen LogP contribution in [0, 0.1) is 5.92 Å². The molecule has 21 heavy (non-hydrogen) atoms. The van der Waals surface area contributed by atoms with Crippen LogP contribution < -0.4 is 11.1 Å². The van der Waals surface area contributed by atoms with Gasteiger partial charge in [0.1, 0.15) is 9.88 Å². The summed E-state index contributed by atoms with van der Waals surface area (Å²) in [7, 11) is 1.39. The summed E-state index contributed by atoms with van der Waals surface area (Å²) in [6.45, 7) is 2.27. The van der Waals surface area contributed by atoms with Gasteiger partial charge in [0.25, 0.3) is 0 Å². The van der Waals surface area contributed by atoms with Gasteiger partial charge in [0.15, 0.2) is 0 Å². The molecule has 4 nitrogen and oxygen atoms in total. The summed E-state index contributed by atoms with van der Waals surface area (Å²) in [5, 5.41) is 4.61. The molecule has 1 aliphatic carbocycles. The Bertz CT molecular complexity index is 494. The van der Waals surface area contributed by atoms with Crippen molar-refractivity contribution in [1.29, 1.82) is 0 Å². The van der Waals surface area contributed by atoms with Gasteiger partial charge in [0.2, 0.25) is 0 Å². The molecule has 0 aromatic carbocycles. The number of methoxy groups -OCH3 is 1. The number of carbonyl (C=O) groups is 1. The van der Waals surface area contributed by atoms with Crippen LogP contribution in [0.2, 0.25) is 0 Å². The van der Waals surface area contributed by atoms with E-state index in [2.05, 4.69) is 12.2 Å². The molecule has 1 saturated carbocycles. The zero-order valence-corrected chi connectivity index (χ0v) is 14.5. The first-order chi connectivity index (χ1) is 10.1. The minimum Gasteiger partial charge on any atom is -0.465 e. The number of nitrogens with two attached hydrogens (primary N) is 1. The minimum absolute atomic E-state index is 0.351. The number of carbonyl (C=O) groups excluding carboxylic acids is 1. The van der Waals surface area contributed by atoms with E-state index in [1.807, 2.05) is 6.26 Å². The lowest BCUT2D eigenvalue weighted by Gasteiger charge is -2.28. The second kappa shape index (κ2) is 7.40. The first-order valence-corrected chi connectivity index (χ1v) is 9.45. The van der Waals surface area contributed by atoms with E-state index in [-0.39, 0.29) is 5.97 Å². The number of thioether (sulfide) groups is 1. The fraction of sp³-hybridized carbons (Fsp3) is 0.667. The lowest BCUT2D eigenvalue weighted by molar-refractivity contribution is 0.0607. The normalized spacial score (nSPS) is 22.0. The van der Waals surface area contributed by atoms with Crippen molar-refractivity contribution in [2.75, 3.05) is 24.4 Å². The van der Waals surface area contributed by atoms with Gasteiger partial charge in [-0.2, -0.15) is 0 Å². The van der Waals surface area contributed by atoms with Gasteiger partial charge in [0, 0.05) is 6.04 Å². The Morgan fingerprint density at radius 2 is 2.10 bits per heavy atom. The summed E-state index contributed by atoms with van der Waals surface area (Å²) in [5.74, 6) is 0.526. The Balaban J connectivity index is 2.11. The molecular weight excluding hydrogens is 304 g/mol. The van der Waals surface area contributed by atoms with Crippen molar-refractivity contribution < 1.29 is 9.53 Å². The average molecular weight is 329 g/mol. The van der Waals surface area contributed by atoms with Crippen LogP contribution in [0.1, 0.15) is 48.7 Å². The third-order valence-corrected chi connectivity index (χ3v) is 6.31. The molecule has 1 aliphatic rings. The van der Waals surface area contributed by atoms with Crippen molar-refractivity contribution in [1.82, 2.24) is 0 Å². The van der Waals surface area contributed by atoms with Crippen LogP contribution in [0.3, 0.4) is 0 Å². The van der Waals surface area contributed by atoms with Crippen LogP contribution in [0.4, 0.5) is 10.7 Å². The number of ether oxygens (including phenoxy) is 1. The molecule has 0 aliphatic heterocycles. The molecule has 0 amide bonds. The van der Waals surface area contributed by atoms with Crippen LogP contribution in [-0.4, -0.2) is 25.4 Å². The Morgan fingerprint density at radius 3 is 2.62 bits per heavy atom. The highest BCUT2D eigenvalue weighted by atomic mass is 32.2. The number of thiophene rings is 1. The van der Waals surface area contributed by atoms with Gasteiger partial charge < -0.3 is 15.8 Å². The fourth-order valence-corrected chi connectivity index (χ4v) is 4.89. The van der Waals surface area contributed by atoms with Crippen molar-refractivity contribution >= 4 is 39.8 Å². The number of hydrogen-bond acceptors (Lipinski definition) is 6. The van der Waals surface area contributed by atoms with Crippen molar-refractivity contribution in [3.05, 3.63) is 4.88 Å². The van der Waals surface area contributed by atoms with Gasteiger partial charge in [-0.05, 0) is 37.9 Å². The van der Waals surface area contributed by atoms with Crippen molar-refractivity contribution in [3.63, 3.8) is 0 Å². The van der Waals surface area contributed by atoms with Crippen LogP contribution in [0.25, 0.3) is 0 Å². The minimum atomic E-state index is -0.351. The Kier molecular flexibility index (Phi) is 5.81. The van der Waals surface area contributed by atoms with Crippen molar-refractivity contribution in [2.24, 2.45) is 5.92 Å². The Labute approximate surface area is 134 Å². The molecule has 118 valence electrons. The zero-order valence-electron chi connectivity index (χ0n) is 12.9. The Morgan fingerprint density at radius 1 is 1.43 bits per heavy atom. The second-order valence-electron chi connectivity index (χ2n) is 5.47. The summed E-state index contributed by atoms with van der Waals surface area (Å²) in [5.41, 5.74) is 6.63. The van der Waals surface area contributed by atoms with Gasteiger partial charge in [-0.15, -0.1) is 23.1 Å². The maximum Gasteiger partial charge on any atom is 0.350 e. The van der Waals surface area contributed by atoms with Gasteiger partial charge in [0.05, 0.1) is 17.7 Å². The molecule has 0 unspecified atom stereocenters. The molecule has 0 spiro atoms.